The molecule has 0 saturated carbocycles. The Morgan fingerprint density at radius 1 is 1.06 bits per heavy atom. The Morgan fingerprint density at radius 2 is 1.83 bits per heavy atom. The largest absolute Gasteiger partial charge is 0.338 e. The van der Waals surface area contributed by atoms with E-state index in [4.69, 9.17) is 0 Å². The number of H-pyrrole nitrogens is 1. The predicted molar refractivity (Wildman–Crippen MR) is 71.0 cm³/mol. The zero-order valence-electron chi connectivity index (χ0n) is 10.3. The third-order valence-electron chi connectivity index (χ3n) is 3.20. The van der Waals surface area contributed by atoms with Gasteiger partial charge in [-0.05, 0) is 49.2 Å². The van der Waals surface area contributed by atoms with Gasteiger partial charge in [-0.15, -0.1) is 0 Å². The number of rotatable bonds is 1. The summed E-state index contributed by atoms with van der Waals surface area (Å²) in [6.07, 6.45) is 0. The van der Waals surface area contributed by atoms with Crippen molar-refractivity contribution in [3.8, 4) is 11.4 Å². The first-order valence-electron chi connectivity index (χ1n) is 5.86. The molecule has 2 nitrogen and oxygen atoms in total. The Labute approximate surface area is 104 Å². The molecule has 0 radical (unpaired) electrons. The Hall–Kier alpha value is -2.16. The molecule has 0 spiro atoms. The number of aromatic nitrogens is 2. The van der Waals surface area contributed by atoms with Crippen molar-refractivity contribution in [3.05, 3.63) is 53.3 Å². The first-order valence-corrected chi connectivity index (χ1v) is 5.86. The summed E-state index contributed by atoms with van der Waals surface area (Å²) in [7, 11) is 0. The van der Waals surface area contributed by atoms with Gasteiger partial charge < -0.3 is 4.98 Å². The van der Waals surface area contributed by atoms with Crippen LogP contribution in [0.1, 0.15) is 11.1 Å². The van der Waals surface area contributed by atoms with E-state index in [1.165, 1.54) is 23.3 Å². The maximum Gasteiger partial charge on any atom is 0.138 e. The van der Waals surface area contributed by atoms with Crippen LogP contribution in [0.5, 0.6) is 0 Å². The van der Waals surface area contributed by atoms with Gasteiger partial charge in [0, 0.05) is 5.56 Å². The summed E-state index contributed by atoms with van der Waals surface area (Å²) in [6.45, 7) is 4.13. The summed E-state index contributed by atoms with van der Waals surface area (Å²) in [5, 5.41) is 0. The Kier molecular flexibility index (Phi) is 2.40. The highest BCUT2D eigenvalue weighted by molar-refractivity contribution is 5.80. The molecule has 1 heterocycles. The molecule has 0 atom stereocenters. The van der Waals surface area contributed by atoms with Crippen LogP contribution >= 0.6 is 0 Å². The molecule has 0 fully saturated rings. The van der Waals surface area contributed by atoms with Crippen LogP contribution in [-0.2, 0) is 0 Å². The Balaban J connectivity index is 2.19. The van der Waals surface area contributed by atoms with Gasteiger partial charge >= 0.3 is 0 Å². The predicted octanol–water partition coefficient (Wildman–Crippen LogP) is 3.99. The first kappa shape index (κ1) is 11.0. The number of aromatic amines is 1. The van der Waals surface area contributed by atoms with Gasteiger partial charge in [0.15, 0.2) is 0 Å². The third-order valence-corrected chi connectivity index (χ3v) is 3.20. The highest BCUT2D eigenvalue weighted by atomic mass is 19.1. The molecular weight excluding hydrogens is 227 g/mol. The van der Waals surface area contributed by atoms with Crippen LogP contribution in [0, 0.1) is 19.7 Å². The maximum absolute atomic E-state index is 13.2. The summed E-state index contributed by atoms with van der Waals surface area (Å²) in [4.78, 5) is 7.73. The van der Waals surface area contributed by atoms with E-state index in [1.807, 2.05) is 12.1 Å². The van der Waals surface area contributed by atoms with Crippen LogP contribution in [0.2, 0.25) is 0 Å². The van der Waals surface area contributed by atoms with Gasteiger partial charge in [0.05, 0.1) is 11.0 Å². The van der Waals surface area contributed by atoms with E-state index in [-0.39, 0.29) is 5.82 Å². The summed E-state index contributed by atoms with van der Waals surface area (Å²) < 4.78 is 13.2. The second-order valence-electron chi connectivity index (χ2n) is 4.55. The third kappa shape index (κ3) is 1.78. The molecule has 3 rings (SSSR count). The minimum absolute atomic E-state index is 0.250. The first-order chi connectivity index (χ1) is 8.63. The molecule has 0 aliphatic rings. The van der Waals surface area contributed by atoms with Gasteiger partial charge in [0.1, 0.15) is 11.6 Å². The highest BCUT2D eigenvalue weighted by Crippen LogP contribution is 2.23. The van der Waals surface area contributed by atoms with Crippen molar-refractivity contribution < 1.29 is 4.39 Å². The van der Waals surface area contributed by atoms with Crippen molar-refractivity contribution in [1.29, 1.82) is 0 Å². The van der Waals surface area contributed by atoms with Crippen molar-refractivity contribution in [2.45, 2.75) is 13.8 Å². The fourth-order valence-electron chi connectivity index (χ4n) is 2.04. The van der Waals surface area contributed by atoms with Gasteiger partial charge in [-0.25, -0.2) is 9.37 Å². The molecule has 0 saturated heterocycles. The molecular formula is C15H13FN2. The lowest BCUT2D eigenvalue weighted by Crippen LogP contribution is -1.81. The summed E-state index contributed by atoms with van der Waals surface area (Å²) in [6, 6.07) is 10.6. The quantitative estimate of drug-likeness (QED) is 0.684. The smallest absolute Gasteiger partial charge is 0.138 e. The summed E-state index contributed by atoms with van der Waals surface area (Å²) in [5.74, 6) is 0.454. The number of hydrogen-bond donors (Lipinski definition) is 1. The molecule has 1 N–H and O–H groups in total. The topological polar surface area (TPSA) is 28.7 Å². The zero-order chi connectivity index (χ0) is 12.7. The van der Waals surface area contributed by atoms with E-state index in [9.17, 15) is 4.39 Å². The van der Waals surface area contributed by atoms with Gasteiger partial charge in [-0.3, -0.25) is 0 Å². The lowest BCUT2D eigenvalue weighted by atomic mass is 10.1. The number of nitrogens with one attached hydrogen (secondary N) is 1. The number of nitrogens with zero attached hydrogens (tertiary/aromatic N) is 1. The molecule has 2 aromatic carbocycles. The maximum atomic E-state index is 13.2. The molecule has 3 heteroatoms. The second kappa shape index (κ2) is 3.95. The number of benzene rings is 2. The number of fused-ring (bicyclic) bond motifs is 1. The van der Waals surface area contributed by atoms with E-state index >= 15 is 0 Å². The van der Waals surface area contributed by atoms with Gasteiger partial charge in [-0.1, -0.05) is 12.1 Å². The number of aryl methyl sites for hydroxylation is 2. The van der Waals surface area contributed by atoms with E-state index in [2.05, 4.69) is 29.9 Å². The minimum atomic E-state index is -0.250. The van der Waals surface area contributed by atoms with Gasteiger partial charge in [-0.2, -0.15) is 0 Å². The average Bonchev–Trinajstić information content (AvgIpc) is 2.73. The lowest BCUT2D eigenvalue weighted by molar-refractivity contribution is 0.628. The SMILES string of the molecule is Cc1cc2nc(-c3cccc(F)c3)[nH]c2cc1C. The van der Waals surface area contributed by atoms with Gasteiger partial charge in [0.2, 0.25) is 0 Å². The van der Waals surface area contributed by atoms with Crippen LogP contribution < -0.4 is 0 Å². The molecule has 1 aromatic heterocycles. The minimum Gasteiger partial charge on any atom is -0.338 e. The van der Waals surface area contributed by atoms with Crippen molar-refractivity contribution in [2.24, 2.45) is 0 Å². The lowest BCUT2D eigenvalue weighted by Gasteiger charge is -1.97. The monoisotopic (exact) mass is 240 g/mol. The van der Waals surface area contributed by atoms with Crippen LogP contribution in [0.15, 0.2) is 36.4 Å². The van der Waals surface area contributed by atoms with Crippen molar-refractivity contribution in [3.63, 3.8) is 0 Å². The molecule has 0 aliphatic heterocycles. The standard InChI is InChI=1S/C15H13FN2/c1-9-6-13-14(7-10(9)2)18-15(17-13)11-4-3-5-12(16)8-11/h3-8H,1-2H3,(H,17,18). The molecule has 18 heavy (non-hydrogen) atoms. The number of halogens is 1. The van der Waals surface area contributed by atoms with E-state index < -0.39 is 0 Å². The van der Waals surface area contributed by atoms with Gasteiger partial charge in [0.25, 0.3) is 0 Å². The molecule has 0 unspecified atom stereocenters. The van der Waals surface area contributed by atoms with Crippen molar-refractivity contribution in [2.75, 3.05) is 0 Å². The molecule has 3 aromatic rings. The normalized spacial score (nSPS) is 11.1. The number of imidazole rings is 1. The van der Waals surface area contributed by atoms with E-state index in [0.717, 1.165) is 16.6 Å². The fourth-order valence-corrected chi connectivity index (χ4v) is 2.04. The zero-order valence-corrected chi connectivity index (χ0v) is 10.3. The molecule has 0 aliphatic carbocycles. The van der Waals surface area contributed by atoms with Crippen molar-refractivity contribution >= 4 is 11.0 Å². The van der Waals surface area contributed by atoms with Crippen LogP contribution in [0.25, 0.3) is 22.4 Å². The van der Waals surface area contributed by atoms with Crippen molar-refractivity contribution in [1.82, 2.24) is 9.97 Å². The average molecular weight is 240 g/mol. The van der Waals surface area contributed by atoms with Crippen LogP contribution in [0.4, 0.5) is 4.39 Å². The number of hydrogen-bond acceptors (Lipinski definition) is 1. The fraction of sp³-hybridized carbons (Fsp3) is 0.133. The van der Waals surface area contributed by atoms with Crippen LogP contribution in [-0.4, -0.2) is 9.97 Å². The summed E-state index contributed by atoms with van der Waals surface area (Å²) in [5.41, 5.74) is 5.09. The van der Waals surface area contributed by atoms with E-state index in [0.29, 0.717) is 5.82 Å². The molecule has 0 amide bonds. The highest BCUT2D eigenvalue weighted by Gasteiger charge is 2.07. The second-order valence-corrected chi connectivity index (χ2v) is 4.55. The molecule has 90 valence electrons. The molecule has 0 bridgehead atoms. The summed E-state index contributed by atoms with van der Waals surface area (Å²) >= 11 is 0. The Morgan fingerprint density at radius 3 is 2.61 bits per heavy atom. The van der Waals surface area contributed by atoms with E-state index in [1.54, 1.807) is 6.07 Å². The van der Waals surface area contributed by atoms with Crippen LogP contribution in [0.3, 0.4) is 0 Å². The Bertz CT molecular complexity index is 689.